The Labute approximate surface area is 67.6 Å². The van der Waals surface area contributed by atoms with Crippen LogP contribution in [0.15, 0.2) is 0 Å². The van der Waals surface area contributed by atoms with Gasteiger partial charge in [0.2, 0.25) is 0 Å². The van der Waals surface area contributed by atoms with E-state index in [2.05, 4.69) is 10.6 Å². The van der Waals surface area contributed by atoms with E-state index in [1.54, 1.807) is 0 Å². The molecule has 66 valence electrons. The monoisotopic (exact) mass is 160 g/mol. The molecule has 0 aromatic rings. The first kappa shape index (κ1) is 8.94. The van der Waals surface area contributed by atoms with Crippen LogP contribution in [0.1, 0.15) is 12.8 Å². The molecule has 1 aliphatic rings. The van der Waals surface area contributed by atoms with Crippen molar-refractivity contribution in [3.05, 3.63) is 0 Å². The van der Waals surface area contributed by atoms with Crippen molar-refractivity contribution in [2.24, 2.45) is 5.41 Å². The molecule has 2 nitrogen and oxygen atoms in total. The van der Waals surface area contributed by atoms with Gasteiger partial charge in [-0.05, 0) is 26.4 Å². The maximum atomic E-state index is 12.6. The van der Waals surface area contributed by atoms with Crippen molar-refractivity contribution in [3.63, 3.8) is 0 Å². The highest BCUT2D eigenvalue weighted by atomic mass is 19.1. The van der Waals surface area contributed by atoms with Crippen LogP contribution in [-0.2, 0) is 0 Å². The Morgan fingerprint density at radius 3 is 2.91 bits per heavy atom. The van der Waals surface area contributed by atoms with E-state index in [0.717, 1.165) is 32.5 Å². The first-order valence-corrected chi connectivity index (χ1v) is 4.24. The molecular formula is C8H17FN2. The quantitative estimate of drug-likeness (QED) is 0.630. The highest BCUT2D eigenvalue weighted by molar-refractivity contribution is 4.86. The van der Waals surface area contributed by atoms with Crippen LogP contribution in [0.3, 0.4) is 0 Å². The Balaban J connectivity index is 2.42. The van der Waals surface area contributed by atoms with Gasteiger partial charge in [0.1, 0.15) is 0 Å². The lowest BCUT2D eigenvalue weighted by Crippen LogP contribution is -2.47. The minimum atomic E-state index is -0.208. The molecule has 0 aromatic heterocycles. The van der Waals surface area contributed by atoms with Gasteiger partial charge in [0, 0.05) is 18.5 Å². The minimum absolute atomic E-state index is 0.118. The molecule has 3 heteroatoms. The average molecular weight is 160 g/mol. The Bertz CT molecular complexity index is 105. The molecule has 0 spiro atoms. The highest BCUT2D eigenvalue weighted by Gasteiger charge is 2.31. The largest absolute Gasteiger partial charge is 0.319 e. The van der Waals surface area contributed by atoms with E-state index in [4.69, 9.17) is 0 Å². The predicted octanol–water partition coefficient (Wildman–Crippen LogP) is 0.545. The van der Waals surface area contributed by atoms with E-state index in [-0.39, 0.29) is 12.1 Å². The number of hydrogen-bond donors (Lipinski definition) is 2. The normalized spacial score (nSPS) is 32.2. The molecule has 1 rings (SSSR count). The number of nitrogens with one attached hydrogen (secondary N) is 2. The average Bonchev–Trinajstić information content (AvgIpc) is 2.07. The third kappa shape index (κ3) is 2.14. The Hall–Kier alpha value is -0.150. The van der Waals surface area contributed by atoms with Gasteiger partial charge in [-0.2, -0.15) is 0 Å². The summed E-state index contributed by atoms with van der Waals surface area (Å²) in [5.41, 5.74) is -0.118. The Kier molecular flexibility index (Phi) is 3.27. The van der Waals surface area contributed by atoms with Gasteiger partial charge in [0.15, 0.2) is 0 Å². The van der Waals surface area contributed by atoms with Crippen molar-refractivity contribution in [1.82, 2.24) is 10.6 Å². The number of hydrogen-bond acceptors (Lipinski definition) is 2. The SMILES string of the molecule is CNCC1(CF)CCCNC1. The molecule has 11 heavy (non-hydrogen) atoms. The summed E-state index contributed by atoms with van der Waals surface area (Å²) >= 11 is 0. The first-order valence-electron chi connectivity index (χ1n) is 4.24. The molecule has 1 saturated heterocycles. The molecule has 0 amide bonds. The van der Waals surface area contributed by atoms with Crippen molar-refractivity contribution in [2.45, 2.75) is 12.8 Å². The van der Waals surface area contributed by atoms with Gasteiger partial charge in [-0.15, -0.1) is 0 Å². The lowest BCUT2D eigenvalue weighted by Gasteiger charge is -2.34. The second-order valence-corrected chi connectivity index (χ2v) is 3.44. The maximum absolute atomic E-state index is 12.6. The lowest BCUT2D eigenvalue weighted by atomic mass is 9.82. The molecule has 0 saturated carbocycles. The van der Waals surface area contributed by atoms with Crippen LogP contribution in [0.25, 0.3) is 0 Å². The fraction of sp³-hybridized carbons (Fsp3) is 1.00. The van der Waals surface area contributed by atoms with Crippen LogP contribution in [0.4, 0.5) is 4.39 Å². The number of piperidine rings is 1. The highest BCUT2D eigenvalue weighted by Crippen LogP contribution is 2.25. The summed E-state index contributed by atoms with van der Waals surface area (Å²) in [6.45, 7) is 2.45. The number of alkyl halides is 1. The Morgan fingerprint density at radius 2 is 2.45 bits per heavy atom. The van der Waals surface area contributed by atoms with Crippen molar-refractivity contribution in [3.8, 4) is 0 Å². The molecule has 1 aliphatic heterocycles. The van der Waals surface area contributed by atoms with E-state index >= 15 is 0 Å². The molecule has 0 aromatic carbocycles. The van der Waals surface area contributed by atoms with Crippen molar-refractivity contribution < 1.29 is 4.39 Å². The van der Waals surface area contributed by atoms with Gasteiger partial charge < -0.3 is 10.6 Å². The third-order valence-corrected chi connectivity index (χ3v) is 2.40. The topological polar surface area (TPSA) is 24.1 Å². The van der Waals surface area contributed by atoms with E-state index in [1.165, 1.54) is 0 Å². The fourth-order valence-electron chi connectivity index (χ4n) is 1.72. The number of rotatable bonds is 3. The minimum Gasteiger partial charge on any atom is -0.319 e. The summed E-state index contributed by atoms with van der Waals surface area (Å²) in [6, 6.07) is 0. The molecule has 1 fully saturated rings. The fourth-order valence-corrected chi connectivity index (χ4v) is 1.72. The lowest BCUT2D eigenvalue weighted by molar-refractivity contribution is 0.153. The smallest absolute Gasteiger partial charge is 0.0974 e. The maximum Gasteiger partial charge on any atom is 0.0974 e. The van der Waals surface area contributed by atoms with Crippen LogP contribution >= 0.6 is 0 Å². The first-order chi connectivity index (χ1) is 5.33. The Morgan fingerprint density at radius 1 is 1.64 bits per heavy atom. The van der Waals surface area contributed by atoms with Crippen molar-refractivity contribution >= 4 is 0 Å². The molecule has 1 unspecified atom stereocenters. The van der Waals surface area contributed by atoms with Gasteiger partial charge in [-0.3, -0.25) is 4.39 Å². The molecule has 1 heterocycles. The summed E-state index contributed by atoms with van der Waals surface area (Å²) in [5, 5.41) is 6.28. The summed E-state index contributed by atoms with van der Waals surface area (Å²) in [6.07, 6.45) is 2.11. The molecule has 1 atom stereocenters. The summed E-state index contributed by atoms with van der Waals surface area (Å²) in [7, 11) is 1.88. The molecule has 0 bridgehead atoms. The van der Waals surface area contributed by atoms with E-state index in [0.29, 0.717) is 0 Å². The summed E-state index contributed by atoms with van der Waals surface area (Å²) in [5.74, 6) is 0. The van der Waals surface area contributed by atoms with Gasteiger partial charge >= 0.3 is 0 Å². The molecule has 0 aliphatic carbocycles. The van der Waals surface area contributed by atoms with Crippen molar-refractivity contribution in [2.75, 3.05) is 33.4 Å². The zero-order chi connectivity index (χ0) is 8.16. The molecular weight excluding hydrogens is 143 g/mol. The third-order valence-electron chi connectivity index (χ3n) is 2.40. The van der Waals surface area contributed by atoms with Crippen LogP contribution in [0.5, 0.6) is 0 Å². The standard InChI is InChI=1S/C8H17FN2/c1-10-6-8(5-9)3-2-4-11-7-8/h10-11H,2-7H2,1H3. The summed E-state index contributed by atoms with van der Waals surface area (Å²) in [4.78, 5) is 0. The van der Waals surface area contributed by atoms with Crippen molar-refractivity contribution in [1.29, 1.82) is 0 Å². The summed E-state index contributed by atoms with van der Waals surface area (Å²) < 4.78 is 12.6. The van der Waals surface area contributed by atoms with E-state index < -0.39 is 0 Å². The van der Waals surface area contributed by atoms with E-state index in [1.807, 2.05) is 7.05 Å². The zero-order valence-corrected chi connectivity index (χ0v) is 7.12. The molecule has 0 radical (unpaired) electrons. The number of halogens is 1. The second kappa shape index (κ2) is 4.02. The second-order valence-electron chi connectivity index (χ2n) is 3.44. The van der Waals surface area contributed by atoms with Gasteiger partial charge in [-0.1, -0.05) is 0 Å². The molecule has 2 N–H and O–H groups in total. The van der Waals surface area contributed by atoms with Crippen LogP contribution in [0.2, 0.25) is 0 Å². The van der Waals surface area contributed by atoms with Gasteiger partial charge in [-0.25, -0.2) is 0 Å². The van der Waals surface area contributed by atoms with Gasteiger partial charge in [0.25, 0.3) is 0 Å². The zero-order valence-electron chi connectivity index (χ0n) is 7.12. The van der Waals surface area contributed by atoms with Crippen LogP contribution in [0, 0.1) is 5.41 Å². The predicted molar refractivity (Wildman–Crippen MR) is 44.4 cm³/mol. The van der Waals surface area contributed by atoms with E-state index in [9.17, 15) is 4.39 Å². The van der Waals surface area contributed by atoms with Crippen LogP contribution in [-0.4, -0.2) is 33.4 Å². The van der Waals surface area contributed by atoms with Crippen LogP contribution < -0.4 is 10.6 Å². The van der Waals surface area contributed by atoms with Gasteiger partial charge in [0.05, 0.1) is 6.67 Å².